The second-order valence-corrected chi connectivity index (χ2v) is 17.5. The molecule has 1 aliphatic rings. The molecule has 0 aromatic heterocycles. The fourth-order valence-corrected chi connectivity index (χ4v) is 7.86. The van der Waals surface area contributed by atoms with Crippen molar-refractivity contribution in [3.05, 3.63) is 148 Å². The van der Waals surface area contributed by atoms with E-state index in [4.69, 9.17) is 45.4 Å². The number of rotatable bonds is 29. The van der Waals surface area contributed by atoms with E-state index in [2.05, 4.69) is 10.6 Å². The van der Waals surface area contributed by atoms with Gasteiger partial charge in [-0.3, -0.25) is 14.5 Å². The summed E-state index contributed by atoms with van der Waals surface area (Å²) >= 11 is 5.50. The summed E-state index contributed by atoms with van der Waals surface area (Å²) in [6.07, 6.45) is -5.71. The molecule has 15 nitrogen and oxygen atoms in total. The Labute approximate surface area is 434 Å². The van der Waals surface area contributed by atoms with Gasteiger partial charge >= 0.3 is 6.18 Å². The Morgan fingerprint density at radius 1 is 0.720 bits per heavy atom. The van der Waals surface area contributed by atoms with E-state index in [9.17, 15) is 41.9 Å². The molecule has 75 heavy (non-hydrogen) atoms. The lowest BCUT2D eigenvalue weighted by molar-refractivity contribution is -0.137. The third kappa shape index (κ3) is 16.6. The highest BCUT2D eigenvalue weighted by Crippen LogP contribution is 2.40. The lowest BCUT2D eigenvalue weighted by Crippen LogP contribution is -2.44. The number of thiocarbonyl (C=S) groups is 1. The summed E-state index contributed by atoms with van der Waals surface area (Å²) in [7, 11) is 0. The van der Waals surface area contributed by atoms with Crippen LogP contribution in [-0.4, -0.2) is 113 Å². The van der Waals surface area contributed by atoms with Gasteiger partial charge in [-0.2, -0.15) is 18.4 Å². The third-order valence-electron chi connectivity index (χ3n) is 11.2. The van der Waals surface area contributed by atoms with Crippen molar-refractivity contribution >= 4 is 40.5 Å². The molecule has 3 N–H and O–H groups in total. The highest BCUT2D eigenvalue weighted by atomic mass is 32.1. The minimum absolute atomic E-state index is 0.0124. The lowest BCUT2D eigenvalue weighted by atomic mass is 10.0. The molecule has 0 saturated carbocycles. The molecule has 5 aromatic carbocycles. The van der Waals surface area contributed by atoms with Gasteiger partial charge < -0.3 is 53.8 Å². The van der Waals surface area contributed by atoms with E-state index in [0.29, 0.717) is 62.9 Å². The number of nitrogens with zero attached hydrogens (tertiary/aromatic N) is 3. The topological polar surface area (TPSA) is 173 Å². The third-order valence-corrected chi connectivity index (χ3v) is 11.6. The van der Waals surface area contributed by atoms with Gasteiger partial charge in [-0.05, 0) is 110 Å². The number of nitrogens with one attached hydrogen (secondary N) is 2. The van der Waals surface area contributed by atoms with Crippen LogP contribution in [-0.2, 0) is 43.1 Å². The van der Waals surface area contributed by atoms with Crippen LogP contribution >= 0.6 is 12.2 Å². The van der Waals surface area contributed by atoms with Crippen LogP contribution in [0.15, 0.2) is 103 Å². The first-order chi connectivity index (χ1) is 36.0. The standard InChI is InChI=1S/C53H55F6N5O10S/c1-52(2)50(67)63(40-12-7-37(30-60)45(27-40)53(57,58)59)51(75)64(52)41-13-15-44(46(56)28-41)49(66)62-18-20-69-22-24-71-26-25-70-23-21-68-19-17-61-31-42(65)34-72-43-14-16-47(73-32-35-3-8-38(54)9-4-35)48(29-43)74-33-36-5-10-39(55)11-6-36/h3-16,27-29,42,61,65H,17-26,31-34H2,1-2H3,(H,62,66). The fourth-order valence-electron chi connectivity index (χ4n) is 7.34. The van der Waals surface area contributed by atoms with Crippen LogP contribution in [0.3, 0.4) is 0 Å². The summed E-state index contributed by atoms with van der Waals surface area (Å²) in [5.74, 6) is -1.85. The molecular weight excluding hydrogens is 1010 g/mol. The normalized spacial score (nSPS) is 13.7. The molecule has 1 fully saturated rings. The van der Waals surface area contributed by atoms with Crippen molar-refractivity contribution in [3.8, 4) is 23.3 Å². The quantitative estimate of drug-likeness (QED) is 0.0240. The number of anilines is 2. The van der Waals surface area contributed by atoms with Crippen molar-refractivity contribution < 1.29 is 74.2 Å². The Morgan fingerprint density at radius 3 is 1.85 bits per heavy atom. The predicted octanol–water partition coefficient (Wildman–Crippen LogP) is 7.89. The number of aliphatic hydroxyl groups excluding tert-OH is 1. The zero-order chi connectivity index (χ0) is 54.0. The van der Waals surface area contributed by atoms with E-state index < -0.39 is 46.6 Å². The molecule has 400 valence electrons. The number of halogens is 6. The Balaban J connectivity index is 0.784. The van der Waals surface area contributed by atoms with Crippen molar-refractivity contribution in [2.45, 2.75) is 44.9 Å². The van der Waals surface area contributed by atoms with Crippen LogP contribution in [0.4, 0.5) is 37.7 Å². The van der Waals surface area contributed by atoms with E-state index >= 15 is 4.39 Å². The van der Waals surface area contributed by atoms with Crippen LogP contribution in [0.1, 0.15) is 46.5 Å². The number of benzene rings is 5. The summed E-state index contributed by atoms with van der Waals surface area (Å²) in [6, 6.07) is 24.7. The minimum atomic E-state index is -4.87. The maximum atomic E-state index is 15.4. The van der Waals surface area contributed by atoms with Gasteiger partial charge in [-0.1, -0.05) is 24.3 Å². The van der Waals surface area contributed by atoms with Gasteiger partial charge in [0.2, 0.25) is 0 Å². The number of nitriles is 1. The number of amides is 2. The van der Waals surface area contributed by atoms with E-state index in [1.165, 1.54) is 67.3 Å². The van der Waals surface area contributed by atoms with Crippen LogP contribution in [0.2, 0.25) is 0 Å². The van der Waals surface area contributed by atoms with Crippen molar-refractivity contribution in [1.29, 1.82) is 5.26 Å². The number of hydrogen-bond acceptors (Lipinski definition) is 13. The van der Waals surface area contributed by atoms with Gasteiger partial charge in [0, 0.05) is 31.4 Å². The average Bonchev–Trinajstić information content (AvgIpc) is 3.59. The molecule has 1 aliphatic heterocycles. The second-order valence-electron chi connectivity index (χ2n) is 17.1. The highest BCUT2D eigenvalue weighted by molar-refractivity contribution is 7.81. The minimum Gasteiger partial charge on any atom is -0.491 e. The Hall–Kier alpha value is -6.84. The molecule has 6 rings (SSSR count). The summed E-state index contributed by atoms with van der Waals surface area (Å²) < 4.78 is 123. The molecule has 1 unspecified atom stereocenters. The van der Waals surface area contributed by atoms with Crippen molar-refractivity contribution in [2.24, 2.45) is 0 Å². The second kappa shape index (κ2) is 27.6. The van der Waals surface area contributed by atoms with Gasteiger partial charge in [0.15, 0.2) is 16.6 Å². The van der Waals surface area contributed by atoms with E-state index in [0.717, 1.165) is 28.2 Å². The number of hydrogen-bond donors (Lipinski definition) is 3. The molecule has 0 aliphatic carbocycles. The smallest absolute Gasteiger partial charge is 0.417 e. The van der Waals surface area contributed by atoms with Gasteiger partial charge in [-0.15, -0.1) is 0 Å². The first-order valence-corrected chi connectivity index (χ1v) is 24.0. The Bertz CT molecular complexity index is 2750. The van der Waals surface area contributed by atoms with Crippen molar-refractivity contribution in [1.82, 2.24) is 10.6 Å². The predicted molar refractivity (Wildman–Crippen MR) is 267 cm³/mol. The zero-order valence-corrected chi connectivity index (χ0v) is 41.7. The van der Waals surface area contributed by atoms with Gasteiger partial charge in [0.1, 0.15) is 54.7 Å². The zero-order valence-electron chi connectivity index (χ0n) is 40.9. The molecule has 1 heterocycles. The number of aliphatic hydroxyl groups is 1. The largest absolute Gasteiger partial charge is 0.491 e. The number of alkyl halides is 3. The van der Waals surface area contributed by atoms with Crippen molar-refractivity contribution in [2.75, 3.05) is 88.9 Å². The lowest BCUT2D eigenvalue weighted by Gasteiger charge is -2.29. The molecule has 0 bridgehead atoms. The molecule has 2 amide bonds. The summed E-state index contributed by atoms with van der Waals surface area (Å²) in [4.78, 5) is 28.5. The highest BCUT2D eigenvalue weighted by Gasteiger charge is 2.51. The molecule has 0 spiro atoms. The average molecular weight is 1070 g/mol. The molecular formula is C53H55F6N5O10S. The van der Waals surface area contributed by atoms with Gasteiger partial charge in [0.25, 0.3) is 11.8 Å². The summed E-state index contributed by atoms with van der Waals surface area (Å²) in [6.45, 7) is 6.25. The maximum absolute atomic E-state index is 15.4. The van der Waals surface area contributed by atoms with Crippen LogP contribution in [0, 0.1) is 28.8 Å². The van der Waals surface area contributed by atoms with Crippen LogP contribution in [0.5, 0.6) is 17.2 Å². The van der Waals surface area contributed by atoms with Gasteiger partial charge in [-0.25, -0.2) is 13.2 Å². The van der Waals surface area contributed by atoms with Crippen LogP contribution in [0.25, 0.3) is 0 Å². The first-order valence-electron chi connectivity index (χ1n) is 23.5. The van der Waals surface area contributed by atoms with E-state index in [1.54, 1.807) is 42.5 Å². The number of carbonyl (C=O) groups excluding carboxylic acids is 2. The molecule has 1 saturated heterocycles. The van der Waals surface area contributed by atoms with Gasteiger partial charge in [0.05, 0.1) is 81.3 Å². The maximum Gasteiger partial charge on any atom is 0.417 e. The molecule has 0 radical (unpaired) electrons. The summed E-state index contributed by atoms with van der Waals surface area (Å²) in [5.41, 5.74) is -2.26. The van der Waals surface area contributed by atoms with E-state index in [1.807, 2.05) is 0 Å². The number of carbonyl (C=O) groups is 2. The SMILES string of the molecule is CC1(C)C(=O)N(c2ccc(C#N)c(C(F)(F)F)c2)C(=S)N1c1ccc(C(=O)NCCOCCOCCOCCOCCNCC(O)COc2ccc(OCc3ccc(F)cc3)c(OCc3ccc(F)cc3)c2)c(F)c1. The molecule has 22 heteroatoms. The monoisotopic (exact) mass is 1070 g/mol. The molecule has 1 atom stereocenters. The number of ether oxygens (including phenoxy) is 7. The Kier molecular flexibility index (Phi) is 21.2. The first kappa shape index (κ1) is 57.4. The van der Waals surface area contributed by atoms with E-state index in [-0.39, 0.29) is 86.4 Å². The van der Waals surface area contributed by atoms with Crippen molar-refractivity contribution in [3.63, 3.8) is 0 Å². The fraction of sp³-hybridized carbons (Fsp3) is 0.358. The van der Waals surface area contributed by atoms with Crippen LogP contribution < -0.4 is 34.6 Å². The summed E-state index contributed by atoms with van der Waals surface area (Å²) in [5, 5.41) is 25.1. The Morgan fingerprint density at radius 2 is 1.28 bits per heavy atom. The molecule has 5 aromatic rings.